The lowest BCUT2D eigenvalue weighted by Gasteiger charge is -2.09. The lowest BCUT2D eigenvalue weighted by molar-refractivity contribution is 0.0870. The summed E-state index contributed by atoms with van der Waals surface area (Å²) in [7, 11) is 0. The van der Waals surface area contributed by atoms with Gasteiger partial charge in [0.25, 0.3) is 0 Å². The first kappa shape index (κ1) is 11.8. The fourth-order valence-corrected chi connectivity index (χ4v) is 1.14. The normalized spacial score (nSPS) is 10.7. The molecule has 4 heteroatoms. The third-order valence-corrected chi connectivity index (χ3v) is 2.01. The number of hydrogen-bond donors (Lipinski definition) is 2. The molecule has 0 saturated heterocycles. The summed E-state index contributed by atoms with van der Waals surface area (Å²) in [5.74, 6) is 0.842. The Bertz CT molecular complexity index is 313. The molecule has 1 rings (SSSR count). The minimum atomic E-state index is 0.271. The Balaban J connectivity index is 2.35. The highest BCUT2D eigenvalue weighted by atomic mass is 16.5. The van der Waals surface area contributed by atoms with E-state index in [1.165, 1.54) is 0 Å². The molecule has 3 N–H and O–H groups in total. The summed E-state index contributed by atoms with van der Waals surface area (Å²) in [6.07, 6.45) is 1.94. The quantitative estimate of drug-likeness (QED) is 0.726. The van der Waals surface area contributed by atoms with Gasteiger partial charge in [0.05, 0.1) is 24.6 Å². The predicted molar refractivity (Wildman–Crippen MR) is 63.0 cm³/mol. The molecule has 0 saturated carbocycles. The molecule has 0 fully saturated rings. The molecule has 0 aromatic carbocycles. The standard InChI is InChI=1S/C11H19N3O/c1-8(2)15-5-4-13-11-6-9(3)10(12)7-14-11/h6-8H,4-5,12H2,1-3H3,(H,13,14). The van der Waals surface area contributed by atoms with E-state index >= 15 is 0 Å². The summed E-state index contributed by atoms with van der Waals surface area (Å²) in [6.45, 7) is 7.45. The van der Waals surface area contributed by atoms with Crippen LogP contribution in [0.4, 0.5) is 11.5 Å². The van der Waals surface area contributed by atoms with Crippen molar-refractivity contribution in [2.45, 2.75) is 26.9 Å². The molecule has 15 heavy (non-hydrogen) atoms. The van der Waals surface area contributed by atoms with Crippen molar-refractivity contribution in [3.63, 3.8) is 0 Å². The van der Waals surface area contributed by atoms with Crippen molar-refractivity contribution in [3.8, 4) is 0 Å². The van der Waals surface area contributed by atoms with E-state index in [-0.39, 0.29) is 6.10 Å². The summed E-state index contributed by atoms with van der Waals surface area (Å²) < 4.78 is 5.40. The Morgan fingerprint density at radius 2 is 2.27 bits per heavy atom. The largest absolute Gasteiger partial charge is 0.397 e. The van der Waals surface area contributed by atoms with E-state index in [1.807, 2.05) is 26.8 Å². The Morgan fingerprint density at radius 3 is 2.87 bits per heavy atom. The zero-order chi connectivity index (χ0) is 11.3. The van der Waals surface area contributed by atoms with E-state index in [0.717, 1.165) is 23.6 Å². The van der Waals surface area contributed by atoms with E-state index in [0.29, 0.717) is 6.61 Å². The molecule has 1 aromatic rings. The molecule has 84 valence electrons. The van der Waals surface area contributed by atoms with Crippen LogP contribution in [0.3, 0.4) is 0 Å². The molecule has 0 spiro atoms. The Labute approximate surface area is 90.8 Å². The number of pyridine rings is 1. The predicted octanol–water partition coefficient (Wildman–Crippen LogP) is 1.81. The molecule has 0 atom stereocenters. The molecule has 0 aliphatic heterocycles. The van der Waals surface area contributed by atoms with Crippen molar-refractivity contribution in [2.75, 3.05) is 24.2 Å². The molecule has 0 radical (unpaired) electrons. The number of ether oxygens (including phenoxy) is 1. The van der Waals surface area contributed by atoms with Crippen LogP contribution in [-0.4, -0.2) is 24.2 Å². The lowest BCUT2D eigenvalue weighted by Crippen LogP contribution is -2.13. The second-order valence-corrected chi connectivity index (χ2v) is 3.77. The number of nitrogens with two attached hydrogens (primary N) is 1. The Morgan fingerprint density at radius 1 is 1.53 bits per heavy atom. The van der Waals surface area contributed by atoms with Crippen LogP contribution in [0.15, 0.2) is 12.3 Å². The average molecular weight is 209 g/mol. The third-order valence-electron chi connectivity index (χ3n) is 2.01. The van der Waals surface area contributed by atoms with Crippen molar-refractivity contribution in [2.24, 2.45) is 0 Å². The number of anilines is 2. The van der Waals surface area contributed by atoms with Crippen LogP contribution in [0.5, 0.6) is 0 Å². The maximum atomic E-state index is 5.67. The number of rotatable bonds is 5. The molecular weight excluding hydrogens is 190 g/mol. The molecule has 1 heterocycles. The summed E-state index contributed by atoms with van der Waals surface area (Å²) in [5.41, 5.74) is 7.43. The smallest absolute Gasteiger partial charge is 0.126 e. The molecule has 1 aromatic heterocycles. The van der Waals surface area contributed by atoms with Gasteiger partial charge in [-0.25, -0.2) is 4.98 Å². The van der Waals surface area contributed by atoms with Gasteiger partial charge in [-0.15, -0.1) is 0 Å². The topological polar surface area (TPSA) is 60.2 Å². The third kappa shape index (κ3) is 4.16. The van der Waals surface area contributed by atoms with Crippen LogP contribution in [0, 0.1) is 6.92 Å². The number of aryl methyl sites for hydroxylation is 1. The fourth-order valence-electron chi connectivity index (χ4n) is 1.14. The van der Waals surface area contributed by atoms with E-state index in [2.05, 4.69) is 10.3 Å². The molecule has 0 aliphatic carbocycles. The average Bonchev–Trinajstić information content (AvgIpc) is 2.18. The van der Waals surface area contributed by atoms with E-state index in [9.17, 15) is 0 Å². The van der Waals surface area contributed by atoms with Crippen molar-refractivity contribution in [1.29, 1.82) is 0 Å². The van der Waals surface area contributed by atoms with E-state index in [4.69, 9.17) is 10.5 Å². The van der Waals surface area contributed by atoms with E-state index < -0.39 is 0 Å². The highest BCUT2D eigenvalue weighted by Crippen LogP contribution is 2.12. The second kappa shape index (κ2) is 5.56. The maximum Gasteiger partial charge on any atom is 0.126 e. The Hall–Kier alpha value is -1.29. The van der Waals surface area contributed by atoms with Crippen molar-refractivity contribution < 1.29 is 4.74 Å². The Kier molecular flexibility index (Phi) is 4.37. The first-order valence-electron chi connectivity index (χ1n) is 5.17. The molecule has 0 bridgehead atoms. The first-order chi connectivity index (χ1) is 7.09. The van der Waals surface area contributed by atoms with Gasteiger partial charge >= 0.3 is 0 Å². The molecule has 4 nitrogen and oxygen atoms in total. The monoisotopic (exact) mass is 209 g/mol. The van der Waals surface area contributed by atoms with Gasteiger partial charge in [-0.05, 0) is 32.4 Å². The van der Waals surface area contributed by atoms with Crippen LogP contribution in [0.1, 0.15) is 19.4 Å². The first-order valence-corrected chi connectivity index (χ1v) is 5.17. The van der Waals surface area contributed by atoms with Crippen LogP contribution in [-0.2, 0) is 4.74 Å². The molecule has 0 unspecified atom stereocenters. The van der Waals surface area contributed by atoms with Gasteiger partial charge in [-0.3, -0.25) is 0 Å². The van der Waals surface area contributed by atoms with Gasteiger partial charge in [0, 0.05) is 6.54 Å². The summed E-state index contributed by atoms with van der Waals surface area (Å²) >= 11 is 0. The summed E-state index contributed by atoms with van der Waals surface area (Å²) in [6, 6.07) is 1.94. The minimum absolute atomic E-state index is 0.271. The highest BCUT2D eigenvalue weighted by molar-refractivity contribution is 5.50. The highest BCUT2D eigenvalue weighted by Gasteiger charge is 1.98. The summed E-state index contributed by atoms with van der Waals surface area (Å²) in [5, 5.41) is 3.18. The minimum Gasteiger partial charge on any atom is -0.397 e. The fraction of sp³-hybridized carbons (Fsp3) is 0.545. The van der Waals surface area contributed by atoms with Crippen molar-refractivity contribution in [3.05, 3.63) is 17.8 Å². The van der Waals surface area contributed by atoms with E-state index in [1.54, 1.807) is 6.20 Å². The number of aromatic nitrogens is 1. The SMILES string of the molecule is Cc1cc(NCCOC(C)C)ncc1N. The van der Waals surface area contributed by atoms with Gasteiger partial charge in [-0.2, -0.15) is 0 Å². The lowest BCUT2D eigenvalue weighted by atomic mass is 10.2. The number of hydrogen-bond acceptors (Lipinski definition) is 4. The van der Waals surface area contributed by atoms with Gasteiger partial charge < -0.3 is 15.8 Å². The van der Waals surface area contributed by atoms with Crippen LogP contribution in [0.2, 0.25) is 0 Å². The van der Waals surface area contributed by atoms with Crippen LogP contribution < -0.4 is 11.1 Å². The molecule has 0 amide bonds. The number of nitrogens with one attached hydrogen (secondary N) is 1. The van der Waals surface area contributed by atoms with Crippen molar-refractivity contribution in [1.82, 2.24) is 4.98 Å². The summed E-state index contributed by atoms with van der Waals surface area (Å²) in [4.78, 5) is 4.16. The second-order valence-electron chi connectivity index (χ2n) is 3.77. The van der Waals surface area contributed by atoms with Gasteiger partial charge in [0.15, 0.2) is 0 Å². The molecule has 0 aliphatic rings. The number of nitrogens with zero attached hydrogens (tertiary/aromatic N) is 1. The van der Waals surface area contributed by atoms with Crippen LogP contribution in [0.25, 0.3) is 0 Å². The van der Waals surface area contributed by atoms with Crippen LogP contribution >= 0.6 is 0 Å². The zero-order valence-corrected chi connectivity index (χ0v) is 9.58. The van der Waals surface area contributed by atoms with Gasteiger partial charge in [-0.1, -0.05) is 0 Å². The zero-order valence-electron chi connectivity index (χ0n) is 9.58. The van der Waals surface area contributed by atoms with Gasteiger partial charge in [0.1, 0.15) is 5.82 Å². The molecular formula is C11H19N3O. The van der Waals surface area contributed by atoms with Crippen molar-refractivity contribution >= 4 is 11.5 Å². The number of nitrogen functional groups attached to an aromatic ring is 1. The van der Waals surface area contributed by atoms with Gasteiger partial charge in [0.2, 0.25) is 0 Å². The maximum absolute atomic E-state index is 5.67.